The van der Waals surface area contributed by atoms with Crippen molar-refractivity contribution in [3.63, 3.8) is 0 Å². The number of aliphatic hydroxyl groups excluding tert-OH is 1. The van der Waals surface area contributed by atoms with E-state index < -0.39 is 35.7 Å². The fraction of sp³-hybridized carbons (Fsp3) is 0.350. The first-order chi connectivity index (χ1) is 15.6. The van der Waals surface area contributed by atoms with Gasteiger partial charge in [-0.2, -0.15) is 5.10 Å². The number of aliphatic hydroxyl groups is 1. The van der Waals surface area contributed by atoms with Gasteiger partial charge in [0.1, 0.15) is 23.1 Å². The Bertz CT molecular complexity index is 1260. The van der Waals surface area contributed by atoms with Crippen LogP contribution in [0.1, 0.15) is 24.4 Å². The van der Waals surface area contributed by atoms with Crippen molar-refractivity contribution in [3.05, 3.63) is 52.8 Å². The SMILES string of the molecule is O[C@H]1C[C@H](c2cc(F)ccc2F)N(c2ccn3nc(Cl)c(NC(=S)NC4CC4(F)F)c3n2)C1. The Labute approximate surface area is 195 Å². The molecule has 0 amide bonds. The van der Waals surface area contributed by atoms with E-state index >= 15 is 0 Å². The van der Waals surface area contributed by atoms with Crippen molar-refractivity contribution >= 4 is 46.1 Å². The first-order valence-electron chi connectivity index (χ1n) is 10.0. The van der Waals surface area contributed by atoms with E-state index in [2.05, 4.69) is 20.7 Å². The lowest BCUT2D eigenvalue weighted by atomic mass is 10.0. The van der Waals surface area contributed by atoms with E-state index in [0.717, 1.165) is 18.2 Å². The van der Waals surface area contributed by atoms with Crippen molar-refractivity contribution in [1.29, 1.82) is 0 Å². The maximum Gasteiger partial charge on any atom is 0.270 e. The van der Waals surface area contributed by atoms with E-state index in [0.29, 0.717) is 5.82 Å². The summed E-state index contributed by atoms with van der Waals surface area (Å²) in [7, 11) is 0. The molecular weight excluding hydrogens is 484 g/mol. The molecule has 1 unspecified atom stereocenters. The Morgan fingerprint density at radius 3 is 2.76 bits per heavy atom. The van der Waals surface area contributed by atoms with Crippen molar-refractivity contribution in [2.24, 2.45) is 0 Å². The highest BCUT2D eigenvalue weighted by molar-refractivity contribution is 7.80. The van der Waals surface area contributed by atoms with Gasteiger partial charge in [-0.15, -0.1) is 0 Å². The minimum atomic E-state index is -2.81. The molecular formula is C20H17ClF4N6OS. The quantitative estimate of drug-likeness (QED) is 0.373. The monoisotopic (exact) mass is 500 g/mol. The van der Waals surface area contributed by atoms with Gasteiger partial charge in [0.2, 0.25) is 0 Å². The summed E-state index contributed by atoms with van der Waals surface area (Å²) in [5, 5.41) is 19.6. The first-order valence-corrected chi connectivity index (χ1v) is 10.8. The second-order valence-corrected chi connectivity index (χ2v) is 8.83. The summed E-state index contributed by atoms with van der Waals surface area (Å²) >= 11 is 11.3. The predicted octanol–water partition coefficient (Wildman–Crippen LogP) is 3.67. The average Bonchev–Trinajstić information content (AvgIpc) is 3.05. The van der Waals surface area contributed by atoms with Gasteiger partial charge < -0.3 is 20.6 Å². The highest BCUT2D eigenvalue weighted by atomic mass is 35.5. The standard InChI is InChI=1S/C20H17ClF4N6OS/c21-17-16(28-19(33)26-14-7-20(14,24)25)18-27-15(3-4-31(18)29-17)30-8-10(32)6-13(30)11-5-9(22)1-2-12(11)23/h1-5,10,13-14,32H,6-8H2,(H2,26,28,33)/t10-,13+,14?/m0/s1. The van der Waals surface area contributed by atoms with Gasteiger partial charge in [-0.25, -0.2) is 27.1 Å². The van der Waals surface area contributed by atoms with Crippen LogP contribution < -0.4 is 15.5 Å². The number of β-amino-alcohol motifs (C(OH)–C–C–N with tert-alkyl or cyclic N) is 1. The molecule has 2 aliphatic rings. The van der Waals surface area contributed by atoms with Crippen LogP contribution in [0.3, 0.4) is 0 Å². The Balaban J connectivity index is 1.46. The number of hydrogen-bond donors (Lipinski definition) is 3. The topological polar surface area (TPSA) is 77.7 Å². The van der Waals surface area contributed by atoms with Gasteiger partial charge in [-0.05, 0) is 42.9 Å². The summed E-state index contributed by atoms with van der Waals surface area (Å²) in [4.78, 5) is 6.19. The fourth-order valence-electron chi connectivity index (χ4n) is 3.97. The number of fused-ring (bicyclic) bond motifs is 1. The second kappa shape index (κ2) is 7.96. The zero-order valence-electron chi connectivity index (χ0n) is 16.8. The summed E-state index contributed by atoms with van der Waals surface area (Å²) in [5.74, 6) is -3.63. The highest BCUT2D eigenvalue weighted by Crippen LogP contribution is 2.42. The number of rotatable bonds is 4. The molecule has 2 fully saturated rings. The fourth-order valence-corrected chi connectivity index (χ4v) is 4.43. The van der Waals surface area contributed by atoms with Gasteiger partial charge >= 0.3 is 0 Å². The van der Waals surface area contributed by atoms with Gasteiger partial charge in [0, 0.05) is 24.7 Å². The van der Waals surface area contributed by atoms with Crippen molar-refractivity contribution in [2.45, 2.75) is 37.0 Å². The van der Waals surface area contributed by atoms with Crippen molar-refractivity contribution in [3.8, 4) is 0 Å². The lowest BCUT2D eigenvalue weighted by Gasteiger charge is -2.26. The lowest BCUT2D eigenvalue weighted by molar-refractivity contribution is 0.110. The van der Waals surface area contributed by atoms with E-state index in [1.54, 1.807) is 17.2 Å². The van der Waals surface area contributed by atoms with Crippen LogP contribution in [0.4, 0.5) is 29.1 Å². The molecule has 174 valence electrons. The van der Waals surface area contributed by atoms with E-state index in [1.807, 2.05) is 0 Å². The van der Waals surface area contributed by atoms with Gasteiger partial charge in [0.15, 0.2) is 15.9 Å². The van der Waals surface area contributed by atoms with Crippen LogP contribution in [-0.4, -0.2) is 49.4 Å². The van der Waals surface area contributed by atoms with Crippen molar-refractivity contribution in [2.75, 3.05) is 16.8 Å². The molecule has 0 radical (unpaired) electrons. The van der Waals surface area contributed by atoms with Gasteiger partial charge in [-0.1, -0.05) is 11.6 Å². The van der Waals surface area contributed by atoms with E-state index in [4.69, 9.17) is 23.8 Å². The predicted molar refractivity (Wildman–Crippen MR) is 118 cm³/mol. The number of anilines is 2. The van der Waals surface area contributed by atoms with E-state index in [-0.39, 0.29) is 46.5 Å². The number of nitrogens with zero attached hydrogens (tertiary/aromatic N) is 4. The number of aromatic nitrogens is 3. The van der Waals surface area contributed by atoms with Crippen LogP contribution in [-0.2, 0) is 0 Å². The average molecular weight is 501 g/mol. The molecule has 1 aromatic carbocycles. The van der Waals surface area contributed by atoms with Crippen molar-refractivity contribution in [1.82, 2.24) is 19.9 Å². The van der Waals surface area contributed by atoms with Crippen molar-refractivity contribution < 1.29 is 22.7 Å². The largest absolute Gasteiger partial charge is 0.391 e. The smallest absolute Gasteiger partial charge is 0.270 e. The number of thiocarbonyl (C=S) groups is 1. The van der Waals surface area contributed by atoms with Gasteiger partial charge in [-0.3, -0.25) is 0 Å². The third-order valence-electron chi connectivity index (χ3n) is 5.69. The molecule has 3 atom stereocenters. The zero-order chi connectivity index (χ0) is 23.5. The molecule has 1 aliphatic heterocycles. The van der Waals surface area contributed by atoms with E-state index in [9.17, 15) is 22.7 Å². The number of benzene rings is 1. The molecule has 1 saturated heterocycles. The molecule has 5 rings (SSSR count). The highest BCUT2D eigenvalue weighted by Gasteiger charge is 2.57. The minimum Gasteiger partial charge on any atom is -0.391 e. The van der Waals surface area contributed by atoms with Gasteiger partial charge in [0.25, 0.3) is 5.92 Å². The van der Waals surface area contributed by atoms with Crippen LogP contribution in [0, 0.1) is 11.6 Å². The molecule has 3 aromatic rings. The minimum absolute atomic E-state index is 0.0144. The Kier molecular flexibility index (Phi) is 5.33. The maximum atomic E-state index is 14.5. The Morgan fingerprint density at radius 1 is 1.27 bits per heavy atom. The summed E-state index contributed by atoms with van der Waals surface area (Å²) < 4.78 is 56.0. The molecule has 13 heteroatoms. The third kappa shape index (κ3) is 4.18. The number of nitrogens with one attached hydrogen (secondary N) is 2. The molecule has 3 heterocycles. The van der Waals surface area contributed by atoms with Crippen LogP contribution in [0.25, 0.3) is 5.65 Å². The molecule has 1 aliphatic carbocycles. The molecule has 3 N–H and O–H groups in total. The molecule has 7 nitrogen and oxygen atoms in total. The van der Waals surface area contributed by atoms with Crippen LogP contribution >= 0.6 is 23.8 Å². The van der Waals surface area contributed by atoms with Crippen LogP contribution in [0.5, 0.6) is 0 Å². The third-order valence-corrected chi connectivity index (χ3v) is 6.17. The molecule has 1 saturated carbocycles. The van der Waals surface area contributed by atoms with Crippen LogP contribution in [0.2, 0.25) is 5.15 Å². The van der Waals surface area contributed by atoms with Gasteiger partial charge in [0.05, 0.1) is 18.2 Å². The zero-order valence-corrected chi connectivity index (χ0v) is 18.3. The lowest BCUT2D eigenvalue weighted by Crippen LogP contribution is -2.33. The maximum absolute atomic E-state index is 14.5. The molecule has 2 aromatic heterocycles. The summed E-state index contributed by atoms with van der Waals surface area (Å²) in [6, 6.07) is 3.07. The number of halogens is 5. The number of hydrogen-bond acceptors (Lipinski definition) is 5. The second-order valence-electron chi connectivity index (χ2n) is 8.06. The summed E-state index contributed by atoms with van der Waals surface area (Å²) in [5.41, 5.74) is 0.547. The molecule has 0 spiro atoms. The molecule has 33 heavy (non-hydrogen) atoms. The number of alkyl halides is 2. The Morgan fingerprint density at radius 2 is 2.03 bits per heavy atom. The van der Waals surface area contributed by atoms with E-state index in [1.165, 1.54) is 4.52 Å². The summed E-state index contributed by atoms with van der Waals surface area (Å²) in [6.07, 6.45) is 0.653. The Hall–Kier alpha value is -2.70. The molecule has 0 bridgehead atoms. The first kappa shape index (κ1) is 22.1. The normalized spacial score (nSPS) is 23.7. The van der Waals surface area contributed by atoms with Crippen LogP contribution in [0.15, 0.2) is 30.5 Å². The summed E-state index contributed by atoms with van der Waals surface area (Å²) in [6.45, 7) is 0.144.